The van der Waals surface area contributed by atoms with E-state index in [0.717, 1.165) is 25.7 Å². The van der Waals surface area contributed by atoms with Gasteiger partial charge in [-0.05, 0) is 58.6 Å². The minimum absolute atomic E-state index is 0.0181. The van der Waals surface area contributed by atoms with E-state index in [1.54, 1.807) is 0 Å². The van der Waals surface area contributed by atoms with E-state index in [4.69, 9.17) is 9.47 Å². The normalized spacial score (nSPS) is 16.5. The highest BCUT2D eigenvalue weighted by Crippen LogP contribution is 2.35. The van der Waals surface area contributed by atoms with Gasteiger partial charge in [-0.2, -0.15) is 0 Å². The minimum Gasteiger partial charge on any atom is -0.490 e. The molecule has 2 aromatic rings. The number of rotatable bonds is 8. The molecule has 2 aromatic heterocycles. The molecule has 3 rings (SSSR count). The van der Waals surface area contributed by atoms with Gasteiger partial charge in [-0.15, -0.1) is 0 Å². The number of Topliss-reactive ketones (excluding diaryl/α,β-unsaturated/α-hetero) is 1. The summed E-state index contributed by atoms with van der Waals surface area (Å²) in [5, 5.41) is 0. The minimum atomic E-state index is -0.525. The van der Waals surface area contributed by atoms with Crippen molar-refractivity contribution in [2.45, 2.75) is 91.6 Å². The second-order valence-corrected chi connectivity index (χ2v) is 9.97. The van der Waals surface area contributed by atoms with Gasteiger partial charge in [0, 0.05) is 19.0 Å². The van der Waals surface area contributed by atoms with E-state index < -0.39 is 5.60 Å². The van der Waals surface area contributed by atoms with Crippen molar-refractivity contribution in [2.75, 3.05) is 6.61 Å². The summed E-state index contributed by atoms with van der Waals surface area (Å²) in [6.07, 6.45) is 9.41. The number of carbonyl (C=O) groups is 2. The molecule has 1 fully saturated rings. The number of ketones is 1. The van der Waals surface area contributed by atoms with E-state index in [9.17, 15) is 9.59 Å². The zero-order valence-corrected chi connectivity index (χ0v) is 20.3. The van der Waals surface area contributed by atoms with Crippen LogP contribution in [0, 0.1) is 18.8 Å². The van der Waals surface area contributed by atoms with Crippen molar-refractivity contribution in [2.24, 2.45) is 11.8 Å². The van der Waals surface area contributed by atoms with E-state index in [2.05, 4.69) is 4.98 Å². The molecule has 0 bridgehead atoms. The van der Waals surface area contributed by atoms with Crippen molar-refractivity contribution in [3.05, 3.63) is 29.7 Å². The second kappa shape index (κ2) is 10.5. The molecule has 0 spiro atoms. The maximum Gasteiger partial charge on any atom is 0.306 e. The predicted molar refractivity (Wildman–Crippen MR) is 125 cm³/mol. The molecule has 1 aliphatic carbocycles. The summed E-state index contributed by atoms with van der Waals surface area (Å²) in [4.78, 5) is 30.9. The van der Waals surface area contributed by atoms with Crippen LogP contribution in [0.4, 0.5) is 0 Å². The van der Waals surface area contributed by atoms with Crippen LogP contribution < -0.4 is 4.74 Å². The van der Waals surface area contributed by atoms with Crippen LogP contribution in [-0.4, -0.2) is 33.3 Å². The van der Waals surface area contributed by atoms with Crippen LogP contribution in [0.3, 0.4) is 0 Å². The van der Waals surface area contributed by atoms with Crippen molar-refractivity contribution in [1.29, 1.82) is 0 Å². The Labute approximate surface area is 191 Å². The molecule has 1 aliphatic rings. The number of esters is 1. The topological polar surface area (TPSA) is 69.9 Å². The maximum atomic E-state index is 13.6. The van der Waals surface area contributed by atoms with E-state index in [0.29, 0.717) is 41.7 Å². The lowest BCUT2D eigenvalue weighted by atomic mass is 9.80. The zero-order valence-electron chi connectivity index (χ0n) is 20.3. The number of aromatic nitrogens is 2. The lowest BCUT2D eigenvalue weighted by Gasteiger charge is -2.27. The first-order valence-corrected chi connectivity index (χ1v) is 12.0. The van der Waals surface area contributed by atoms with E-state index in [-0.39, 0.29) is 24.1 Å². The molecule has 176 valence electrons. The monoisotopic (exact) mass is 442 g/mol. The Morgan fingerprint density at radius 2 is 1.84 bits per heavy atom. The number of ether oxygens (including phenoxy) is 2. The summed E-state index contributed by atoms with van der Waals surface area (Å²) < 4.78 is 13.1. The first-order chi connectivity index (χ1) is 15.2. The molecule has 0 amide bonds. The van der Waals surface area contributed by atoms with Gasteiger partial charge in [0.1, 0.15) is 11.3 Å². The standard InChI is InChI=1S/C26H38N2O4/c1-6-31-22-14-11-15-28-24(18(2)27-25(22)28)21(29)16-20(17-23(30)32-26(3,4)5)19-12-9-7-8-10-13-19/h11,14-15,19-20H,6-10,12-13,16-17H2,1-5H3/t20-/m0/s1. The number of carbonyl (C=O) groups excluding carboxylic acids is 2. The highest BCUT2D eigenvalue weighted by molar-refractivity contribution is 5.97. The molecule has 0 N–H and O–H groups in total. The highest BCUT2D eigenvalue weighted by Gasteiger charge is 2.31. The Balaban J connectivity index is 1.86. The molecular weight excluding hydrogens is 404 g/mol. The summed E-state index contributed by atoms with van der Waals surface area (Å²) in [5.74, 6) is 0.837. The summed E-state index contributed by atoms with van der Waals surface area (Å²) in [7, 11) is 0. The molecule has 0 unspecified atom stereocenters. The van der Waals surface area contributed by atoms with Gasteiger partial charge < -0.3 is 9.47 Å². The van der Waals surface area contributed by atoms with E-state index in [1.165, 1.54) is 12.8 Å². The fourth-order valence-corrected chi connectivity index (χ4v) is 4.88. The van der Waals surface area contributed by atoms with Crippen LogP contribution in [-0.2, 0) is 9.53 Å². The van der Waals surface area contributed by atoms with Crippen molar-refractivity contribution in [3.8, 4) is 5.75 Å². The maximum absolute atomic E-state index is 13.6. The average molecular weight is 443 g/mol. The van der Waals surface area contributed by atoms with Gasteiger partial charge in [0.2, 0.25) is 0 Å². The number of hydrogen-bond acceptors (Lipinski definition) is 5. The molecule has 0 aliphatic heterocycles. The average Bonchev–Trinajstić information content (AvgIpc) is 2.87. The van der Waals surface area contributed by atoms with Crippen LogP contribution in [0.1, 0.15) is 95.2 Å². The van der Waals surface area contributed by atoms with Crippen molar-refractivity contribution < 1.29 is 19.1 Å². The third-order valence-corrected chi connectivity index (χ3v) is 6.22. The molecule has 1 saturated carbocycles. The molecule has 0 radical (unpaired) electrons. The predicted octanol–water partition coefficient (Wildman–Crippen LogP) is 5.93. The number of imidazole rings is 1. The first kappa shape index (κ1) is 24.3. The van der Waals surface area contributed by atoms with Gasteiger partial charge in [-0.1, -0.05) is 38.5 Å². The largest absolute Gasteiger partial charge is 0.490 e. The molecule has 0 saturated heterocycles. The molecule has 32 heavy (non-hydrogen) atoms. The molecule has 0 aromatic carbocycles. The molecular formula is C26H38N2O4. The number of hydrogen-bond donors (Lipinski definition) is 0. The third kappa shape index (κ3) is 6.11. The van der Waals surface area contributed by atoms with Crippen molar-refractivity contribution in [3.63, 3.8) is 0 Å². The van der Waals surface area contributed by atoms with Crippen LogP contribution >= 0.6 is 0 Å². The smallest absolute Gasteiger partial charge is 0.306 e. The fraction of sp³-hybridized carbons (Fsp3) is 0.654. The SMILES string of the molecule is CCOc1cccn2c(C(=O)C[C@@H](CC(=O)OC(C)(C)C)C3CCCCCC3)c(C)nc12. The number of pyridine rings is 1. The van der Waals surface area contributed by atoms with Gasteiger partial charge in [0.25, 0.3) is 0 Å². The Morgan fingerprint density at radius 3 is 2.47 bits per heavy atom. The van der Waals surface area contributed by atoms with Gasteiger partial charge in [0.05, 0.1) is 12.3 Å². The zero-order chi connectivity index (χ0) is 23.3. The van der Waals surface area contributed by atoms with E-state index in [1.807, 2.05) is 57.3 Å². The van der Waals surface area contributed by atoms with Crippen molar-refractivity contribution >= 4 is 17.4 Å². The number of fused-ring (bicyclic) bond motifs is 1. The van der Waals surface area contributed by atoms with E-state index >= 15 is 0 Å². The van der Waals surface area contributed by atoms with Gasteiger partial charge in [-0.3, -0.25) is 14.0 Å². The Hall–Kier alpha value is -2.37. The Bertz CT molecular complexity index is 933. The first-order valence-electron chi connectivity index (χ1n) is 12.0. The van der Waals surface area contributed by atoms with Crippen molar-refractivity contribution in [1.82, 2.24) is 9.38 Å². The summed E-state index contributed by atoms with van der Waals surface area (Å²) in [6.45, 7) is 9.98. The molecule has 6 heteroatoms. The summed E-state index contributed by atoms with van der Waals surface area (Å²) in [6, 6.07) is 3.75. The summed E-state index contributed by atoms with van der Waals surface area (Å²) >= 11 is 0. The van der Waals surface area contributed by atoms with Crippen LogP contribution in [0.5, 0.6) is 5.75 Å². The van der Waals surface area contributed by atoms with Crippen LogP contribution in [0.15, 0.2) is 18.3 Å². The van der Waals surface area contributed by atoms with Gasteiger partial charge in [-0.25, -0.2) is 4.98 Å². The fourth-order valence-electron chi connectivity index (χ4n) is 4.88. The van der Waals surface area contributed by atoms with Gasteiger partial charge >= 0.3 is 5.97 Å². The van der Waals surface area contributed by atoms with Gasteiger partial charge in [0.15, 0.2) is 17.2 Å². The Kier molecular flexibility index (Phi) is 7.96. The molecule has 2 heterocycles. The molecule has 6 nitrogen and oxygen atoms in total. The lowest BCUT2D eigenvalue weighted by molar-refractivity contribution is -0.156. The quantitative estimate of drug-likeness (QED) is 0.288. The van der Waals surface area contributed by atoms with Crippen LogP contribution in [0.25, 0.3) is 5.65 Å². The third-order valence-electron chi connectivity index (χ3n) is 6.22. The number of aryl methyl sites for hydroxylation is 1. The Morgan fingerprint density at radius 1 is 1.16 bits per heavy atom. The second-order valence-electron chi connectivity index (χ2n) is 9.97. The highest BCUT2D eigenvalue weighted by atomic mass is 16.6. The molecule has 1 atom stereocenters. The summed E-state index contributed by atoms with van der Waals surface area (Å²) in [5.41, 5.74) is 1.42. The van der Waals surface area contributed by atoms with Crippen LogP contribution in [0.2, 0.25) is 0 Å². The lowest BCUT2D eigenvalue weighted by Crippen LogP contribution is -2.28. The number of nitrogens with zero attached hydrogens (tertiary/aromatic N) is 2.